The Kier molecular flexibility index (Phi) is 2.90. The number of nitrogens with one attached hydrogen (secondary N) is 1. The van der Waals surface area contributed by atoms with Crippen LogP contribution in [0.3, 0.4) is 0 Å². The van der Waals surface area contributed by atoms with Crippen LogP contribution in [0, 0.1) is 0 Å². The quantitative estimate of drug-likeness (QED) is 0.780. The standard InChI is InChI=1S/C15H20N4O3/c1-14(2,21)7-19-10-6-11-9(5-8(10)18-13(19)16)17-12(20)15(3,4)22-11/h5-6,21H,7H2,1-4H3,(H2,16,18)(H,17,20). The molecule has 3 rings (SSSR count). The fourth-order valence-corrected chi connectivity index (χ4v) is 2.50. The van der Waals surface area contributed by atoms with Gasteiger partial charge in [-0.1, -0.05) is 0 Å². The van der Waals surface area contributed by atoms with Crippen molar-refractivity contribution in [1.82, 2.24) is 9.55 Å². The van der Waals surface area contributed by atoms with Crippen LogP contribution >= 0.6 is 0 Å². The van der Waals surface area contributed by atoms with Crippen LogP contribution in [0.25, 0.3) is 11.0 Å². The van der Waals surface area contributed by atoms with Crippen molar-refractivity contribution in [3.05, 3.63) is 12.1 Å². The molecule has 1 aromatic carbocycles. The Hall–Kier alpha value is -2.28. The number of amides is 1. The third-order valence-electron chi connectivity index (χ3n) is 3.58. The third kappa shape index (κ3) is 2.37. The van der Waals surface area contributed by atoms with Crippen molar-refractivity contribution < 1.29 is 14.6 Å². The summed E-state index contributed by atoms with van der Waals surface area (Å²) in [4.78, 5) is 16.2. The maximum Gasteiger partial charge on any atom is 0.268 e. The van der Waals surface area contributed by atoms with Gasteiger partial charge in [0.15, 0.2) is 5.60 Å². The van der Waals surface area contributed by atoms with E-state index in [1.807, 2.05) is 0 Å². The molecule has 0 fully saturated rings. The number of nitrogen functional groups attached to an aromatic ring is 1. The van der Waals surface area contributed by atoms with Crippen molar-refractivity contribution in [3.8, 4) is 5.75 Å². The predicted octanol–water partition coefficient (Wildman–Crippen LogP) is 1.50. The van der Waals surface area contributed by atoms with Crippen molar-refractivity contribution in [1.29, 1.82) is 0 Å². The number of anilines is 2. The lowest BCUT2D eigenvalue weighted by Crippen LogP contribution is -2.45. The van der Waals surface area contributed by atoms with Crippen LogP contribution in [0.5, 0.6) is 5.75 Å². The molecule has 7 heteroatoms. The van der Waals surface area contributed by atoms with Gasteiger partial charge < -0.3 is 25.5 Å². The Bertz CT molecular complexity index is 771. The van der Waals surface area contributed by atoms with Gasteiger partial charge in [0, 0.05) is 6.07 Å². The second kappa shape index (κ2) is 4.36. The van der Waals surface area contributed by atoms with Crippen LogP contribution in [-0.4, -0.2) is 31.8 Å². The zero-order chi connectivity index (χ0) is 16.3. The summed E-state index contributed by atoms with van der Waals surface area (Å²) in [6, 6.07) is 3.52. The van der Waals surface area contributed by atoms with E-state index >= 15 is 0 Å². The maximum atomic E-state index is 12.0. The van der Waals surface area contributed by atoms with E-state index in [2.05, 4.69) is 10.3 Å². The molecule has 0 bridgehead atoms. The van der Waals surface area contributed by atoms with E-state index in [0.717, 1.165) is 5.52 Å². The lowest BCUT2D eigenvalue weighted by Gasteiger charge is -2.31. The largest absolute Gasteiger partial charge is 0.476 e. The van der Waals surface area contributed by atoms with Gasteiger partial charge in [-0.2, -0.15) is 0 Å². The second-order valence-electron chi connectivity index (χ2n) is 6.77. The minimum absolute atomic E-state index is 0.205. The van der Waals surface area contributed by atoms with Gasteiger partial charge in [-0.05, 0) is 33.8 Å². The molecule has 1 amide bonds. The van der Waals surface area contributed by atoms with E-state index in [9.17, 15) is 9.90 Å². The molecular weight excluding hydrogens is 284 g/mol. The molecule has 0 saturated carbocycles. The highest BCUT2D eigenvalue weighted by Gasteiger charge is 2.36. The Morgan fingerprint density at radius 2 is 2.14 bits per heavy atom. The summed E-state index contributed by atoms with van der Waals surface area (Å²) in [5.74, 6) is 0.669. The number of nitrogens with two attached hydrogens (primary N) is 1. The minimum atomic E-state index is -0.937. The summed E-state index contributed by atoms with van der Waals surface area (Å²) in [6.45, 7) is 7.13. The second-order valence-corrected chi connectivity index (χ2v) is 6.77. The van der Waals surface area contributed by atoms with Crippen LogP contribution < -0.4 is 15.8 Å². The Labute approximate surface area is 128 Å². The fourth-order valence-electron chi connectivity index (χ4n) is 2.50. The highest BCUT2D eigenvalue weighted by atomic mass is 16.5. The smallest absolute Gasteiger partial charge is 0.268 e. The molecular formula is C15H20N4O3. The molecule has 2 heterocycles. The first-order valence-corrected chi connectivity index (χ1v) is 7.09. The van der Waals surface area contributed by atoms with Crippen molar-refractivity contribution in [2.45, 2.75) is 45.4 Å². The number of aliphatic hydroxyl groups is 1. The summed E-state index contributed by atoms with van der Waals surface area (Å²) >= 11 is 0. The molecule has 0 spiro atoms. The molecule has 0 saturated heterocycles. The molecule has 0 atom stereocenters. The van der Waals surface area contributed by atoms with Crippen LogP contribution in [0.4, 0.5) is 11.6 Å². The number of benzene rings is 1. The molecule has 1 aliphatic rings. The number of hydrogen-bond acceptors (Lipinski definition) is 5. The number of carbonyl (C=O) groups is 1. The third-order valence-corrected chi connectivity index (χ3v) is 3.58. The topological polar surface area (TPSA) is 102 Å². The van der Waals surface area contributed by atoms with Gasteiger partial charge >= 0.3 is 0 Å². The Morgan fingerprint density at radius 3 is 2.77 bits per heavy atom. The van der Waals surface area contributed by atoms with Crippen molar-refractivity contribution in [2.75, 3.05) is 11.1 Å². The lowest BCUT2D eigenvalue weighted by molar-refractivity contribution is -0.129. The first kappa shape index (κ1) is 14.6. The molecule has 22 heavy (non-hydrogen) atoms. The molecule has 1 aliphatic heterocycles. The normalized spacial score (nSPS) is 17.0. The Balaban J connectivity index is 2.15. The monoisotopic (exact) mass is 304 g/mol. The van der Waals surface area contributed by atoms with E-state index in [1.54, 1.807) is 44.4 Å². The molecule has 1 aromatic heterocycles. The zero-order valence-corrected chi connectivity index (χ0v) is 13.1. The van der Waals surface area contributed by atoms with E-state index in [4.69, 9.17) is 10.5 Å². The number of ether oxygens (including phenoxy) is 1. The van der Waals surface area contributed by atoms with Gasteiger partial charge in [0.05, 0.1) is 28.9 Å². The molecule has 4 N–H and O–H groups in total. The molecule has 118 valence electrons. The van der Waals surface area contributed by atoms with E-state index in [1.165, 1.54) is 0 Å². The van der Waals surface area contributed by atoms with Gasteiger partial charge in [-0.15, -0.1) is 0 Å². The fraction of sp³-hybridized carbons (Fsp3) is 0.467. The van der Waals surface area contributed by atoms with Gasteiger partial charge in [-0.25, -0.2) is 4.98 Å². The van der Waals surface area contributed by atoms with Gasteiger partial charge in [-0.3, -0.25) is 4.79 Å². The number of rotatable bonds is 2. The van der Waals surface area contributed by atoms with E-state index in [0.29, 0.717) is 29.4 Å². The highest BCUT2D eigenvalue weighted by molar-refractivity contribution is 6.02. The summed E-state index contributed by atoms with van der Waals surface area (Å²) in [5.41, 5.74) is 6.06. The van der Waals surface area contributed by atoms with Crippen LogP contribution in [0.1, 0.15) is 27.7 Å². The van der Waals surface area contributed by atoms with E-state index < -0.39 is 11.2 Å². The average molecular weight is 304 g/mol. The summed E-state index contributed by atoms with van der Waals surface area (Å²) in [6.07, 6.45) is 0. The predicted molar refractivity (Wildman–Crippen MR) is 83.8 cm³/mol. The van der Waals surface area contributed by atoms with Crippen LogP contribution in [0.2, 0.25) is 0 Å². The van der Waals surface area contributed by atoms with Crippen molar-refractivity contribution >= 4 is 28.6 Å². The molecule has 7 nitrogen and oxygen atoms in total. The maximum absolute atomic E-state index is 12.0. The zero-order valence-electron chi connectivity index (χ0n) is 13.1. The van der Waals surface area contributed by atoms with Crippen LogP contribution in [0.15, 0.2) is 12.1 Å². The SMILES string of the molecule is CC(C)(O)Cn1c(N)nc2cc3c(cc21)OC(C)(C)C(=O)N3. The number of nitrogens with zero attached hydrogens (tertiary/aromatic N) is 2. The summed E-state index contributed by atoms with van der Waals surface area (Å²) < 4.78 is 7.52. The number of hydrogen-bond donors (Lipinski definition) is 3. The Morgan fingerprint density at radius 1 is 1.45 bits per heavy atom. The lowest BCUT2D eigenvalue weighted by atomic mass is 10.1. The first-order valence-electron chi connectivity index (χ1n) is 7.09. The molecule has 0 aliphatic carbocycles. The number of imidazole rings is 1. The summed E-state index contributed by atoms with van der Waals surface area (Å²) in [7, 11) is 0. The average Bonchev–Trinajstić information content (AvgIpc) is 2.63. The van der Waals surface area contributed by atoms with Gasteiger partial charge in [0.25, 0.3) is 5.91 Å². The van der Waals surface area contributed by atoms with E-state index in [-0.39, 0.29) is 5.91 Å². The number of carbonyl (C=O) groups excluding carboxylic acids is 1. The first-order chi connectivity index (χ1) is 10.1. The van der Waals surface area contributed by atoms with Crippen molar-refractivity contribution in [3.63, 3.8) is 0 Å². The number of aromatic nitrogens is 2. The van der Waals surface area contributed by atoms with Crippen molar-refractivity contribution in [2.24, 2.45) is 0 Å². The van der Waals surface area contributed by atoms with Crippen LogP contribution in [-0.2, 0) is 11.3 Å². The molecule has 0 unspecified atom stereocenters. The number of fused-ring (bicyclic) bond motifs is 2. The molecule has 0 radical (unpaired) electrons. The summed E-state index contributed by atoms with van der Waals surface area (Å²) in [5, 5.41) is 12.9. The molecule has 2 aromatic rings. The van der Waals surface area contributed by atoms with Gasteiger partial charge in [0.1, 0.15) is 5.75 Å². The highest BCUT2D eigenvalue weighted by Crippen LogP contribution is 2.37. The minimum Gasteiger partial charge on any atom is -0.476 e. The van der Waals surface area contributed by atoms with Gasteiger partial charge in [0.2, 0.25) is 5.95 Å².